The molecule has 1 aromatic heterocycles. The van der Waals surface area contributed by atoms with Crippen LogP contribution in [0.1, 0.15) is 33.1 Å². The normalized spacial score (nSPS) is 11.9. The number of carbonyl (C=O) groups is 2. The Morgan fingerprint density at radius 2 is 1.62 bits per heavy atom. The lowest BCUT2D eigenvalue weighted by molar-refractivity contribution is -0.139. The van der Waals surface area contributed by atoms with Crippen LogP contribution in [0.4, 0.5) is 0 Å². The Kier molecular flexibility index (Phi) is 6.33. The highest BCUT2D eigenvalue weighted by atomic mass is 16.5. The largest absolute Gasteiger partial charge is 0.480 e. The van der Waals surface area contributed by atoms with Crippen LogP contribution in [0.25, 0.3) is 10.9 Å². The quantitative estimate of drug-likeness (QED) is 0.407. The van der Waals surface area contributed by atoms with Crippen molar-refractivity contribution in [3.8, 4) is 0 Å². The fourth-order valence-electron chi connectivity index (χ4n) is 3.84. The third-order valence-corrected chi connectivity index (χ3v) is 5.46. The van der Waals surface area contributed by atoms with Gasteiger partial charge in [-0.1, -0.05) is 60.7 Å². The number of hydrogen-bond donors (Lipinski definition) is 2. The van der Waals surface area contributed by atoms with Gasteiger partial charge >= 0.3 is 11.9 Å². The molecule has 1 heterocycles. The number of esters is 1. The number of para-hydroxylation sites is 1. The Balaban J connectivity index is 1.60. The Hall–Kier alpha value is -3.90. The van der Waals surface area contributed by atoms with Gasteiger partial charge in [0.25, 0.3) is 0 Å². The van der Waals surface area contributed by atoms with E-state index in [1.54, 1.807) is 24.3 Å². The summed E-state index contributed by atoms with van der Waals surface area (Å²) in [4.78, 5) is 23.8. The monoisotopic (exact) mass is 428 g/mol. The minimum atomic E-state index is -0.946. The summed E-state index contributed by atoms with van der Waals surface area (Å²) < 4.78 is 6.80. The van der Waals surface area contributed by atoms with Gasteiger partial charge in [-0.3, -0.25) is 10.1 Å². The number of rotatable bonds is 8. The number of fused-ring (bicyclic) bond motifs is 1. The van der Waals surface area contributed by atoms with Crippen molar-refractivity contribution in [1.29, 1.82) is 0 Å². The minimum absolute atomic E-state index is 0.344. The summed E-state index contributed by atoms with van der Waals surface area (Å²) >= 11 is 0. The molecular weight excluding hydrogens is 404 g/mol. The molecule has 0 aliphatic heterocycles. The van der Waals surface area contributed by atoms with Crippen molar-refractivity contribution < 1.29 is 19.4 Å². The number of methoxy groups -OCH3 is 1. The van der Waals surface area contributed by atoms with Crippen LogP contribution in [0.15, 0.2) is 85.1 Å². The fraction of sp³-hybridized carbons (Fsp3) is 0.154. The Morgan fingerprint density at radius 1 is 0.938 bits per heavy atom. The molecule has 0 radical (unpaired) electrons. The van der Waals surface area contributed by atoms with Crippen LogP contribution < -0.4 is 5.32 Å². The van der Waals surface area contributed by atoms with Crippen molar-refractivity contribution in [1.82, 2.24) is 9.88 Å². The number of aliphatic carboxylic acids is 1. The molecule has 4 rings (SSSR count). The van der Waals surface area contributed by atoms with E-state index in [2.05, 4.69) is 22.0 Å². The fourth-order valence-corrected chi connectivity index (χ4v) is 3.84. The number of carbonyl (C=O) groups excluding carboxylic acids is 1. The van der Waals surface area contributed by atoms with E-state index < -0.39 is 18.0 Å². The first kappa shape index (κ1) is 21.3. The second kappa shape index (κ2) is 9.49. The van der Waals surface area contributed by atoms with Crippen molar-refractivity contribution >= 4 is 22.8 Å². The highest BCUT2D eigenvalue weighted by Crippen LogP contribution is 2.28. The van der Waals surface area contributed by atoms with E-state index in [1.807, 2.05) is 48.7 Å². The van der Waals surface area contributed by atoms with Gasteiger partial charge in [-0.05, 0) is 29.3 Å². The maximum atomic E-state index is 12.2. The summed E-state index contributed by atoms with van der Waals surface area (Å²) in [5.41, 5.74) is 4.18. The average Bonchev–Trinajstić information content (AvgIpc) is 3.17. The first-order valence-electron chi connectivity index (χ1n) is 10.3. The first-order chi connectivity index (χ1) is 15.6. The summed E-state index contributed by atoms with van der Waals surface area (Å²) in [5.74, 6) is -1.35. The molecule has 0 aliphatic rings. The van der Waals surface area contributed by atoms with E-state index in [1.165, 1.54) is 7.11 Å². The van der Waals surface area contributed by atoms with Gasteiger partial charge < -0.3 is 14.4 Å². The molecule has 0 fully saturated rings. The highest BCUT2D eigenvalue weighted by Gasteiger charge is 2.24. The van der Waals surface area contributed by atoms with Crippen molar-refractivity contribution in [2.75, 3.05) is 7.11 Å². The van der Waals surface area contributed by atoms with Crippen LogP contribution in [0.2, 0.25) is 0 Å². The number of carboxylic acids is 1. The second-order valence-electron chi connectivity index (χ2n) is 7.56. The molecule has 0 amide bonds. The van der Waals surface area contributed by atoms with Crippen LogP contribution in [0, 0.1) is 0 Å². The molecule has 162 valence electrons. The van der Waals surface area contributed by atoms with Gasteiger partial charge in [-0.15, -0.1) is 0 Å². The molecule has 3 aromatic carbocycles. The molecule has 4 aromatic rings. The molecule has 0 saturated carbocycles. The zero-order valence-corrected chi connectivity index (χ0v) is 17.7. The highest BCUT2D eigenvalue weighted by molar-refractivity contribution is 5.90. The number of carboxylic acid groups (broad SMARTS) is 1. The summed E-state index contributed by atoms with van der Waals surface area (Å²) in [6.45, 7) is 0.999. The Morgan fingerprint density at radius 3 is 2.31 bits per heavy atom. The predicted octanol–water partition coefficient (Wildman–Crippen LogP) is 4.39. The lowest BCUT2D eigenvalue weighted by atomic mass is 10.1. The minimum Gasteiger partial charge on any atom is -0.480 e. The van der Waals surface area contributed by atoms with Crippen molar-refractivity contribution in [2.24, 2.45) is 0 Å². The maximum Gasteiger partial charge on any atom is 0.337 e. The number of ether oxygens (including phenoxy) is 1. The molecule has 0 bridgehead atoms. The van der Waals surface area contributed by atoms with E-state index in [9.17, 15) is 14.7 Å². The Labute approximate surface area is 186 Å². The van der Waals surface area contributed by atoms with E-state index in [4.69, 9.17) is 4.74 Å². The van der Waals surface area contributed by atoms with Gasteiger partial charge in [0.15, 0.2) is 0 Å². The SMILES string of the molecule is COC(=O)c1ccc(CNC(C(=O)O)c2cn(Cc3ccccc3)c3ccccc23)cc1. The van der Waals surface area contributed by atoms with Crippen molar-refractivity contribution in [3.05, 3.63) is 107 Å². The van der Waals surface area contributed by atoms with Gasteiger partial charge in [0, 0.05) is 35.8 Å². The zero-order valence-electron chi connectivity index (χ0n) is 17.7. The lowest BCUT2D eigenvalue weighted by Gasteiger charge is -2.14. The van der Waals surface area contributed by atoms with Gasteiger partial charge in [0.2, 0.25) is 0 Å². The van der Waals surface area contributed by atoms with Gasteiger partial charge in [-0.2, -0.15) is 0 Å². The second-order valence-corrected chi connectivity index (χ2v) is 7.56. The summed E-state index contributed by atoms with van der Waals surface area (Å²) in [6.07, 6.45) is 1.92. The van der Waals surface area contributed by atoms with Gasteiger partial charge in [-0.25, -0.2) is 4.79 Å². The topological polar surface area (TPSA) is 80.6 Å². The smallest absolute Gasteiger partial charge is 0.337 e. The van der Waals surface area contributed by atoms with Crippen molar-refractivity contribution in [2.45, 2.75) is 19.1 Å². The first-order valence-corrected chi connectivity index (χ1v) is 10.3. The van der Waals surface area contributed by atoms with E-state index >= 15 is 0 Å². The van der Waals surface area contributed by atoms with Crippen LogP contribution in [0.5, 0.6) is 0 Å². The third-order valence-electron chi connectivity index (χ3n) is 5.46. The zero-order chi connectivity index (χ0) is 22.5. The van der Waals surface area contributed by atoms with E-state index in [0.717, 1.165) is 27.6 Å². The molecule has 0 saturated heterocycles. The number of nitrogens with one attached hydrogen (secondary N) is 1. The van der Waals surface area contributed by atoms with Crippen LogP contribution in [-0.4, -0.2) is 28.7 Å². The number of hydrogen-bond acceptors (Lipinski definition) is 4. The Bertz CT molecular complexity index is 1230. The van der Waals surface area contributed by atoms with Crippen LogP contribution in [-0.2, 0) is 22.6 Å². The number of benzene rings is 3. The molecule has 0 spiro atoms. The molecule has 1 atom stereocenters. The lowest BCUT2D eigenvalue weighted by Crippen LogP contribution is -2.28. The molecule has 2 N–H and O–H groups in total. The average molecular weight is 428 g/mol. The molecule has 6 heteroatoms. The van der Waals surface area contributed by atoms with Crippen molar-refractivity contribution in [3.63, 3.8) is 0 Å². The molecule has 0 aliphatic carbocycles. The van der Waals surface area contributed by atoms with Crippen LogP contribution in [0.3, 0.4) is 0 Å². The predicted molar refractivity (Wildman–Crippen MR) is 122 cm³/mol. The van der Waals surface area contributed by atoms with Crippen LogP contribution >= 0.6 is 0 Å². The summed E-state index contributed by atoms with van der Waals surface area (Å²) in [7, 11) is 1.34. The number of aromatic nitrogens is 1. The van der Waals surface area contributed by atoms with Gasteiger partial charge in [0.05, 0.1) is 12.7 Å². The van der Waals surface area contributed by atoms with E-state index in [0.29, 0.717) is 18.7 Å². The maximum absolute atomic E-state index is 12.2. The third kappa shape index (κ3) is 4.55. The molecular formula is C26H24N2O4. The van der Waals surface area contributed by atoms with E-state index in [-0.39, 0.29) is 0 Å². The van der Waals surface area contributed by atoms with Gasteiger partial charge in [0.1, 0.15) is 6.04 Å². The molecule has 1 unspecified atom stereocenters. The molecule has 32 heavy (non-hydrogen) atoms. The molecule has 6 nitrogen and oxygen atoms in total. The summed E-state index contributed by atoms with van der Waals surface area (Å²) in [5, 5.41) is 14.0. The standard InChI is InChI=1S/C26H24N2O4/c1-32-26(31)20-13-11-18(12-14-20)15-27-24(25(29)30)22-17-28(16-19-7-3-2-4-8-19)23-10-6-5-9-21(22)23/h2-14,17,24,27H,15-16H2,1H3,(H,29,30). The summed E-state index contributed by atoms with van der Waals surface area (Å²) in [6, 6.07) is 24.0. The number of nitrogens with zero attached hydrogens (tertiary/aromatic N) is 1.